The quantitative estimate of drug-likeness (QED) is 0.785. The Hall–Kier alpha value is -3.08. The fraction of sp³-hybridized carbons (Fsp3) is 0.158. The van der Waals surface area contributed by atoms with Gasteiger partial charge in [0.25, 0.3) is 5.91 Å². The molecule has 0 aliphatic heterocycles. The van der Waals surface area contributed by atoms with Gasteiger partial charge in [-0.1, -0.05) is 18.2 Å². The highest BCUT2D eigenvalue weighted by molar-refractivity contribution is 6.04. The summed E-state index contributed by atoms with van der Waals surface area (Å²) >= 11 is 0. The van der Waals surface area contributed by atoms with E-state index in [0.717, 1.165) is 16.9 Å². The molecule has 1 N–H and O–H groups in total. The number of carbonyl (C=O) groups is 1. The summed E-state index contributed by atoms with van der Waals surface area (Å²) in [6.07, 6.45) is 3.67. The van der Waals surface area contributed by atoms with Crippen molar-refractivity contribution in [1.29, 1.82) is 0 Å². The van der Waals surface area contributed by atoms with Crippen LogP contribution in [-0.4, -0.2) is 29.8 Å². The molecule has 3 aromatic rings. The maximum absolute atomic E-state index is 12.5. The van der Waals surface area contributed by atoms with Crippen molar-refractivity contribution in [1.82, 2.24) is 9.78 Å². The van der Waals surface area contributed by atoms with E-state index in [1.165, 1.54) is 0 Å². The van der Waals surface area contributed by atoms with Crippen molar-refractivity contribution in [3.8, 4) is 0 Å². The number of nitrogens with zero attached hydrogens (tertiary/aromatic N) is 3. The van der Waals surface area contributed by atoms with E-state index in [2.05, 4.69) is 10.4 Å². The molecular weight excluding hydrogens is 300 g/mol. The minimum atomic E-state index is -0.116. The second kappa shape index (κ2) is 7.00. The molecular formula is C19H20N4O. The van der Waals surface area contributed by atoms with Gasteiger partial charge in [0.15, 0.2) is 0 Å². The van der Waals surface area contributed by atoms with E-state index in [1.807, 2.05) is 84.5 Å². The number of benzene rings is 2. The lowest BCUT2D eigenvalue weighted by Gasteiger charge is -2.13. The van der Waals surface area contributed by atoms with Crippen molar-refractivity contribution in [2.24, 2.45) is 0 Å². The van der Waals surface area contributed by atoms with Crippen LogP contribution in [-0.2, 0) is 6.54 Å². The van der Waals surface area contributed by atoms with Crippen molar-refractivity contribution in [2.75, 3.05) is 24.3 Å². The molecule has 2 aromatic carbocycles. The number of hydrogen-bond acceptors (Lipinski definition) is 3. The van der Waals surface area contributed by atoms with Gasteiger partial charge in [-0.3, -0.25) is 9.48 Å². The summed E-state index contributed by atoms with van der Waals surface area (Å²) in [4.78, 5) is 14.4. The van der Waals surface area contributed by atoms with Crippen LogP contribution in [0.5, 0.6) is 0 Å². The van der Waals surface area contributed by atoms with Crippen molar-refractivity contribution in [2.45, 2.75) is 6.54 Å². The molecule has 0 radical (unpaired) electrons. The molecule has 1 heterocycles. The molecule has 0 aliphatic rings. The Morgan fingerprint density at radius 1 is 1.12 bits per heavy atom. The van der Waals surface area contributed by atoms with Crippen LogP contribution in [0.1, 0.15) is 15.9 Å². The molecule has 1 amide bonds. The summed E-state index contributed by atoms with van der Waals surface area (Å²) in [5.41, 5.74) is 3.49. The molecule has 0 saturated heterocycles. The fourth-order valence-corrected chi connectivity index (χ4v) is 2.46. The van der Waals surface area contributed by atoms with E-state index in [1.54, 1.807) is 6.20 Å². The van der Waals surface area contributed by atoms with Crippen molar-refractivity contribution >= 4 is 17.3 Å². The Balaban J connectivity index is 1.73. The summed E-state index contributed by atoms with van der Waals surface area (Å²) in [6, 6.07) is 17.3. The zero-order valence-corrected chi connectivity index (χ0v) is 13.8. The Morgan fingerprint density at radius 2 is 1.96 bits per heavy atom. The molecule has 0 unspecified atom stereocenters. The molecule has 0 saturated carbocycles. The minimum Gasteiger partial charge on any atom is -0.378 e. The molecule has 122 valence electrons. The number of hydrogen-bond donors (Lipinski definition) is 1. The van der Waals surface area contributed by atoms with Crippen LogP contribution >= 0.6 is 0 Å². The highest BCUT2D eigenvalue weighted by Crippen LogP contribution is 2.16. The predicted molar refractivity (Wildman–Crippen MR) is 96.5 cm³/mol. The van der Waals surface area contributed by atoms with Gasteiger partial charge in [0, 0.05) is 43.4 Å². The highest BCUT2D eigenvalue weighted by atomic mass is 16.1. The lowest BCUT2D eigenvalue weighted by molar-refractivity contribution is 0.102. The van der Waals surface area contributed by atoms with Crippen LogP contribution in [0, 0.1) is 0 Å². The largest absolute Gasteiger partial charge is 0.378 e. The number of carbonyl (C=O) groups excluding carboxylic acids is 1. The van der Waals surface area contributed by atoms with E-state index in [-0.39, 0.29) is 5.91 Å². The van der Waals surface area contributed by atoms with Crippen LogP contribution in [0.3, 0.4) is 0 Å². The molecule has 0 atom stereocenters. The zero-order chi connectivity index (χ0) is 16.9. The van der Waals surface area contributed by atoms with Crippen LogP contribution < -0.4 is 10.2 Å². The van der Waals surface area contributed by atoms with Crippen molar-refractivity contribution in [3.63, 3.8) is 0 Å². The highest BCUT2D eigenvalue weighted by Gasteiger charge is 2.08. The Morgan fingerprint density at radius 3 is 2.71 bits per heavy atom. The SMILES string of the molecule is CN(C)c1cccc(C(=O)Nc2cccc(Cn3cccn3)c2)c1. The normalized spacial score (nSPS) is 10.4. The maximum atomic E-state index is 12.5. The summed E-state index contributed by atoms with van der Waals surface area (Å²) in [7, 11) is 3.91. The standard InChI is InChI=1S/C19H20N4O/c1-22(2)18-9-4-7-16(13-18)19(24)21-17-8-3-6-15(12-17)14-23-11-5-10-20-23/h3-13H,14H2,1-2H3,(H,21,24). The van der Waals surface area contributed by atoms with Gasteiger partial charge >= 0.3 is 0 Å². The third-order valence-corrected chi connectivity index (χ3v) is 3.71. The van der Waals surface area contributed by atoms with Gasteiger partial charge in [0.2, 0.25) is 0 Å². The minimum absolute atomic E-state index is 0.116. The van der Waals surface area contributed by atoms with Crippen molar-refractivity contribution in [3.05, 3.63) is 78.1 Å². The summed E-state index contributed by atoms with van der Waals surface area (Å²) < 4.78 is 1.85. The summed E-state index contributed by atoms with van der Waals surface area (Å²) in [5.74, 6) is -0.116. The first kappa shape index (κ1) is 15.8. The van der Waals surface area contributed by atoms with Gasteiger partial charge in [-0.2, -0.15) is 5.10 Å². The number of aromatic nitrogens is 2. The first-order valence-corrected chi connectivity index (χ1v) is 7.77. The molecule has 0 spiro atoms. The Bertz CT molecular complexity index is 825. The second-order valence-electron chi connectivity index (χ2n) is 5.80. The molecule has 1 aromatic heterocycles. The van der Waals surface area contributed by atoms with Gasteiger partial charge in [-0.05, 0) is 42.0 Å². The van der Waals surface area contributed by atoms with Crippen LogP contribution in [0.15, 0.2) is 67.0 Å². The van der Waals surface area contributed by atoms with Crippen LogP contribution in [0.2, 0.25) is 0 Å². The lowest BCUT2D eigenvalue weighted by atomic mass is 10.1. The van der Waals surface area contributed by atoms with Gasteiger partial charge in [0.1, 0.15) is 0 Å². The van der Waals surface area contributed by atoms with Crippen molar-refractivity contribution < 1.29 is 4.79 Å². The first-order chi connectivity index (χ1) is 11.6. The predicted octanol–water partition coefficient (Wildman–Crippen LogP) is 3.25. The number of anilines is 2. The monoisotopic (exact) mass is 320 g/mol. The van der Waals surface area contributed by atoms with E-state index in [0.29, 0.717) is 12.1 Å². The Kier molecular flexibility index (Phi) is 4.61. The average Bonchev–Trinajstić information content (AvgIpc) is 3.08. The van der Waals surface area contributed by atoms with Gasteiger partial charge < -0.3 is 10.2 Å². The van der Waals surface area contributed by atoms with Gasteiger partial charge in [-0.25, -0.2) is 0 Å². The molecule has 5 heteroatoms. The van der Waals surface area contributed by atoms with Gasteiger partial charge in [-0.15, -0.1) is 0 Å². The maximum Gasteiger partial charge on any atom is 0.255 e. The van der Waals surface area contributed by atoms with E-state index >= 15 is 0 Å². The smallest absolute Gasteiger partial charge is 0.255 e. The molecule has 3 rings (SSSR count). The van der Waals surface area contributed by atoms with Crippen LogP contribution in [0.25, 0.3) is 0 Å². The fourth-order valence-electron chi connectivity index (χ4n) is 2.46. The second-order valence-corrected chi connectivity index (χ2v) is 5.80. The molecule has 0 bridgehead atoms. The number of amides is 1. The number of rotatable bonds is 5. The third kappa shape index (κ3) is 3.81. The molecule has 0 aliphatic carbocycles. The first-order valence-electron chi connectivity index (χ1n) is 7.77. The molecule has 5 nitrogen and oxygen atoms in total. The third-order valence-electron chi connectivity index (χ3n) is 3.71. The topological polar surface area (TPSA) is 50.2 Å². The van der Waals surface area contributed by atoms with E-state index in [9.17, 15) is 4.79 Å². The summed E-state index contributed by atoms with van der Waals surface area (Å²) in [5, 5.41) is 7.16. The lowest BCUT2D eigenvalue weighted by Crippen LogP contribution is -2.14. The van der Waals surface area contributed by atoms with E-state index < -0.39 is 0 Å². The van der Waals surface area contributed by atoms with E-state index in [4.69, 9.17) is 0 Å². The summed E-state index contributed by atoms with van der Waals surface area (Å²) in [6.45, 7) is 0.673. The molecule has 0 fully saturated rings. The Labute approximate surface area is 141 Å². The van der Waals surface area contributed by atoms with Gasteiger partial charge in [0.05, 0.1) is 6.54 Å². The molecule has 24 heavy (non-hydrogen) atoms. The number of nitrogens with one attached hydrogen (secondary N) is 1. The average molecular weight is 320 g/mol. The van der Waals surface area contributed by atoms with Crippen LogP contribution in [0.4, 0.5) is 11.4 Å². The zero-order valence-electron chi connectivity index (χ0n) is 13.8.